The minimum absolute atomic E-state index is 0. The van der Waals surface area contributed by atoms with Crippen LogP contribution in [0.15, 0.2) is 279 Å². The van der Waals surface area contributed by atoms with Crippen LogP contribution in [0.2, 0.25) is 0 Å². The van der Waals surface area contributed by atoms with Gasteiger partial charge < -0.3 is 9.13 Å². The summed E-state index contributed by atoms with van der Waals surface area (Å²) in [7, 11) is 0. The van der Waals surface area contributed by atoms with Crippen LogP contribution < -0.4 is 0 Å². The van der Waals surface area contributed by atoms with Gasteiger partial charge in [0.1, 0.15) is 0 Å². The van der Waals surface area contributed by atoms with Gasteiger partial charge in [0.15, 0.2) is 23.3 Å². The van der Waals surface area contributed by atoms with Gasteiger partial charge in [-0.2, -0.15) is 19.9 Å². The van der Waals surface area contributed by atoms with Crippen LogP contribution in [0.4, 0.5) is 0 Å². The molecule has 0 bridgehead atoms. The fraction of sp³-hybridized carbons (Fsp3) is 0.0602. The van der Waals surface area contributed by atoms with Crippen molar-refractivity contribution < 1.29 is 0 Å². The summed E-state index contributed by atoms with van der Waals surface area (Å²) >= 11 is 0. The van der Waals surface area contributed by atoms with Gasteiger partial charge in [0.25, 0.3) is 0 Å². The predicted molar refractivity (Wildman–Crippen MR) is 384 cm³/mol. The molecule has 18 aromatic rings. The molecule has 0 aliphatic carbocycles. The molecule has 10 nitrogen and oxygen atoms in total. The third kappa shape index (κ3) is 9.49. The van der Waals surface area contributed by atoms with E-state index >= 15 is 0 Å². The van der Waals surface area contributed by atoms with E-state index in [1.54, 1.807) is 0 Å². The quantitative estimate of drug-likeness (QED) is 0.150. The van der Waals surface area contributed by atoms with Gasteiger partial charge in [0.05, 0.1) is 44.1 Å². The molecule has 0 spiro atoms. The summed E-state index contributed by atoms with van der Waals surface area (Å²) in [6, 6.07) is 97.8. The van der Waals surface area contributed by atoms with E-state index in [1.807, 2.05) is 121 Å². The zero-order chi connectivity index (χ0) is 61.6. The fourth-order valence-electron chi connectivity index (χ4n) is 13.6. The number of benzene rings is 12. The van der Waals surface area contributed by atoms with Gasteiger partial charge in [0.2, 0.25) is 11.9 Å². The second kappa shape index (κ2) is 22.7. The Balaban J connectivity index is 0.000000146. The number of aromatic nitrogens is 10. The molecular formula is C83H62N10. The van der Waals surface area contributed by atoms with Crippen molar-refractivity contribution in [3.63, 3.8) is 0 Å². The molecule has 0 N–H and O–H groups in total. The van der Waals surface area contributed by atoms with Crippen LogP contribution in [0.25, 0.3) is 156 Å². The maximum Gasteiger partial charge on any atom is 0.238 e. The van der Waals surface area contributed by atoms with Gasteiger partial charge >= 0.3 is 0 Å². The van der Waals surface area contributed by atoms with Crippen LogP contribution in [0, 0.1) is 27.7 Å². The lowest BCUT2D eigenvalue weighted by molar-refractivity contribution is 0.953. The van der Waals surface area contributed by atoms with E-state index in [4.69, 9.17) is 29.9 Å². The largest absolute Gasteiger partial charge is 0.309 e. The van der Waals surface area contributed by atoms with Crippen molar-refractivity contribution in [1.82, 2.24) is 48.2 Å². The SMILES string of the molecule is C.Cc1ccc2c3c(ccc4c5ccc(C)cc5n(-c5ccccc5)c43)n(-c3nc(-c4ccccc4)nc(-c4ccccc4)n3)c2c1.Cc1ccc2c3c(ccc4c5ccc(C)cc5n(-c5ccccc5)c43)n(-c3nc(-c4ccccc4)nc(-c4ccccc4)n3)c2c1. The second-order valence-corrected chi connectivity index (χ2v) is 23.8. The van der Waals surface area contributed by atoms with Gasteiger partial charge in [-0.25, -0.2) is 9.97 Å². The molecule has 10 heteroatoms. The van der Waals surface area contributed by atoms with Crippen molar-refractivity contribution in [2.75, 3.05) is 0 Å². The molecule has 6 heterocycles. The van der Waals surface area contributed by atoms with Gasteiger partial charge in [-0.05, 0) is 111 Å². The lowest BCUT2D eigenvalue weighted by Gasteiger charge is -2.11. The van der Waals surface area contributed by atoms with Gasteiger partial charge in [0, 0.05) is 76.7 Å². The third-order valence-corrected chi connectivity index (χ3v) is 17.7. The smallest absolute Gasteiger partial charge is 0.238 e. The second-order valence-electron chi connectivity index (χ2n) is 23.8. The molecule has 0 unspecified atom stereocenters. The zero-order valence-electron chi connectivity index (χ0n) is 51.0. The minimum Gasteiger partial charge on any atom is -0.309 e. The Hall–Kier alpha value is -12.1. The van der Waals surface area contributed by atoms with Crippen LogP contribution in [0.1, 0.15) is 29.7 Å². The summed E-state index contributed by atoms with van der Waals surface area (Å²) < 4.78 is 9.27. The first-order chi connectivity index (χ1) is 45.3. The average molecular weight is 1200 g/mol. The summed E-state index contributed by atoms with van der Waals surface area (Å²) in [6.07, 6.45) is 0. The highest BCUT2D eigenvalue weighted by atomic mass is 15.2. The molecule has 0 atom stereocenters. The Morgan fingerprint density at radius 3 is 0.785 bits per heavy atom. The maximum absolute atomic E-state index is 5.15. The number of hydrogen-bond acceptors (Lipinski definition) is 6. The van der Waals surface area contributed by atoms with Crippen molar-refractivity contribution in [3.05, 3.63) is 301 Å². The molecule has 0 amide bonds. The van der Waals surface area contributed by atoms with Crippen LogP contribution in [-0.4, -0.2) is 48.2 Å². The van der Waals surface area contributed by atoms with E-state index in [2.05, 4.69) is 204 Å². The summed E-state index contributed by atoms with van der Waals surface area (Å²) in [5, 5.41) is 9.57. The normalized spacial score (nSPS) is 11.6. The Bertz CT molecular complexity index is 5410. The first-order valence-electron chi connectivity index (χ1n) is 31.1. The highest BCUT2D eigenvalue weighted by molar-refractivity contribution is 6.27. The van der Waals surface area contributed by atoms with E-state index in [1.165, 1.54) is 76.6 Å². The van der Waals surface area contributed by atoms with Crippen LogP contribution in [0.3, 0.4) is 0 Å². The molecule has 0 saturated carbocycles. The van der Waals surface area contributed by atoms with Crippen molar-refractivity contribution in [3.8, 4) is 68.8 Å². The van der Waals surface area contributed by atoms with E-state index in [9.17, 15) is 0 Å². The molecule has 444 valence electrons. The summed E-state index contributed by atoms with van der Waals surface area (Å²) in [4.78, 5) is 30.5. The number of aryl methyl sites for hydroxylation is 4. The fourth-order valence-corrected chi connectivity index (χ4v) is 13.6. The number of para-hydroxylation sites is 2. The Kier molecular flexibility index (Phi) is 13.7. The first-order valence-corrected chi connectivity index (χ1v) is 31.1. The lowest BCUT2D eigenvalue weighted by atomic mass is 10.1. The highest BCUT2D eigenvalue weighted by Gasteiger charge is 2.26. The van der Waals surface area contributed by atoms with Crippen LogP contribution in [0.5, 0.6) is 0 Å². The summed E-state index contributed by atoms with van der Waals surface area (Å²) in [6.45, 7) is 8.59. The Labute approximate surface area is 537 Å². The zero-order valence-corrected chi connectivity index (χ0v) is 51.0. The van der Waals surface area contributed by atoms with Crippen molar-refractivity contribution >= 4 is 87.2 Å². The van der Waals surface area contributed by atoms with E-state index in [0.717, 1.165) is 66.5 Å². The monoisotopic (exact) mass is 1200 g/mol. The third-order valence-electron chi connectivity index (χ3n) is 17.7. The van der Waals surface area contributed by atoms with Crippen LogP contribution >= 0.6 is 0 Å². The molecule has 0 radical (unpaired) electrons. The Morgan fingerprint density at radius 1 is 0.226 bits per heavy atom. The van der Waals surface area contributed by atoms with Crippen molar-refractivity contribution in [2.45, 2.75) is 35.1 Å². The standard InChI is InChI=1S/2C41H29N5.CH4/c2*1-26-18-20-31-32-22-23-34-37(38(32)45(35(31)24-26)30-16-10-5-11-17-30)33-21-19-27(2)25-36(33)46(34)41-43-39(28-12-6-3-7-13-28)42-40(44-41)29-14-8-4-9-15-29;/h2*3-25H,1-2H3;1H4. The summed E-state index contributed by atoms with van der Waals surface area (Å²) in [5.74, 6) is 3.75. The number of rotatable bonds is 8. The predicted octanol–water partition coefficient (Wildman–Crippen LogP) is 20.7. The van der Waals surface area contributed by atoms with E-state index in [-0.39, 0.29) is 7.43 Å². The van der Waals surface area contributed by atoms with Gasteiger partial charge in [-0.3, -0.25) is 9.13 Å². The molecule has 0 aliphatic heterocycles. The molecule has 0 aliphatic rings. The lowest BCUT2D eigenvalue weighted by Crippen LogP contribution is -2.06. The number of fused-ring (bicyclic) bond motifs is 14. The molecule has 12 aromatic carbocycles. The molecule has 0 fully saturated rings. The van der Waals surface area contributed by atoms with E-state index in [0.29, 0.717) is 35.2 Å². The van der Waals surface area contributed by atoms with Gasteiger partial charge in [-0.1, -0.05) is 226 Å². The van der Waals surface area contributed by atoms with Gasteiger partial charge in [-0.15, -0.1) is 0 Å². The molecule has 93 heavy (non-hydrogen) atoms. The molecule has 6 aromatic heterocycles. The molecular weight excluding hydrogens is 1140 g/mol. The minimum atomic E-state index is 0. The van der Waals surface area contributed by atoms with Crippen LogP contribution in [-0.2, 0) is 0 Å². The van der Waals surface area contributed by atoms with Crippen molar-refractivity contribution in [1.29, 1.82) is 0 Å². The van der Waals surface area contributed by atoms with E-state index < -0.39 is 0 Å². The Morgan fingerprint density at radius 2 is 0.484 bits per heavy atom. The summed E-state index contributed by atoms with van der Waals surface area (Å²) in [5.41, 5.74) is 19.8. The highest BCUT2D eigenvalue weighted by Crippen LogP contribution is 2.45. The molecule has 18 rings (SSSR count). The number of hydrogen-bond donors (Lipinski definition) is 0. The average Bonchev–Trinajstić information content (AvgIpc) is 1.56. The first kappa shape index (κ1) is 56.1. The maximum atomic E-state index is 5.15. The number of nitrogens with zero attached hydrogens (tertiary/aromatic N) is 10. The topological polar surface area (TPSA) is 97.1 Å². The van der Waals surface area contributed by atoms with Crippen molar-refractivity contribution in [2.24, 2.45) is 0 Å². The molecule has 0 saturated heterocycles.